The second-order valence-corrected chi connectivity index (χ2v) is 8.54. The number of Topliss-reactive ketones (excluding diaryl/α,β-unsaturated/α-hetero) is 1. The van der Waals surface area contributed by atoms with Crippen LogP contribution in [0.1, 0.15) is 91.2 Å². The van der Waals surface area contributed by atoms with E-state index in [2.05, 4.69) is 51.2 Å². The maximum Gasteiger partial charge on any atom is 0.138 e. The normalized spacial score (nSPS) is 29.9. The molecule has 4 atom stereocenters. The average molecular weight is 358 g/mol. The molecule has 1 fully saturated rings. The lowest BCUT2D eigenvalue weighted by Gasteiger charge is -2.50. The average Bonchev–Trinajstić information content (AvgIpc) is 2.64. The van der Waals surface area contributed by atoms with E-state index < -0.39 is 0 Å². The molecular weight excluding hydrogens is 318 g/mol. The summed E-state index contributed by atoms with van der Waals surface area (Å²) < 4.78 is 0. The third-order valence-electron chi connectivity index (χ3n) is 6.84. The molecular formula is C24H39NO. The van der Waals surface area contributed by atoms with Crippen molar-refractivity contribution in [3.05, 3.63) is 29.3 Å². The topological polar surface area (TPSA) is 29.1 Å². The largest absolute Gasteiger partial charge is 0.383 e. The predicted octanol–water partition coefficient (Wildman–Crippen LogP) is 6.59. The van der Waals surface area contributed by atoms with Crippen molar-refractivity contribution < 1.29 is 4.79 Å². The Balaban J connectivity index is 0.00000117. The molecule has 0 aliphatic heterocycles. The van der Waals surface area contributed by atoms with Crippen molar-refractivity contribution in [1.82, 2.24) is 0 Å². The number of hydrogen-bond acceptors (Lipinski definition) is 2. The molecule has 1 N–H and O–H groups in total. The van der Waals surface area contributed by atoms with E-state index in [9.17, 15) is 4.79 Å². The van der Waals surface area contributed by atoms with Gasteiger partial charge in [-0.3, -0.25) is 4.79 Å². The molecule has 0 radical (unpaired) electrons. The highest BCUT2D eigenvalue weighted by Crippen LogP contribution is 2.55. The molecule has 3 rings (SSSR count). The number of anilines is 1. The number of hydrogen-bond donors (Lipinski definition) is 1. The Morgan fingerprint density at radius 3 is 2.58 bits per heavy atom. The number of ketones is 1. The van der Waals surface area contributed by atoms with Crippen LogP contribution in [0.5, 0.6) is 0 Å². The fraction of sp³-hybridized carbons (Fsp3) is 0.708. The molecule has 0 heterocycles. The van der Waals surface area contributed by atoms with E-state index in [-0.39, 0.29) is 5.41 Å². The fourth-order valence-electron chi connectivity index (χ4n) is 5.28. The summed E-state index contributed by atoms with van der Waals surface area (Å²) in [6.45, 7) is 15.0. The van der Waals surface area contributed by atoms with Crippen LogP contribution in [0.15, 0.2) is 18.2 Å². The Labute approximate surface area is 161 Å². The van der Waals surface area contributed by atoms with E-state index in [4.69, 9.17) is 0 Å². The van der Waals surface area contributed by atoms with E-state index in [1.807, 2.05) is 20.8 Å². The molecule has 2 aliphatic rings. The zero-order chi connectivity index (χ0) is 19.5. The van der Waals surface area contributed by atoms with Gasteiger partial charge in [-0.2, -0.15) is 0 Å². The van der Waals surface area contributed by atoms with Crippen LogP contribution in [-0.2, 0) is 11.2 Å². The van der Waals surface area contributed by atoms with Crippen LogP contribution in [0.2, 0.25) is 0 Å². The van der Waals surface area contributed by atoms with Crippen LogP contribution in [0, 0.1) is 17.3 Å². The Kier molecular flexibility index (Phi) is 6.93. The van der Waals surface area contributed by atoms with Crippen molar-refractivity contribution in [2.45, 2.75) is 92.5 Å². The third kappa shape index (κ3) is 3.85. The van der Waals surface area contributed by atoms with Crippen LogP contribution in [-0.4, -0.2) is 11.8 Å². The van der Waals surface area contributed by atoms with Crippen molar-refractivity contribution in [3.8, 4) is 0 Å². The lowest BCUT2D eigenvalue weighted by Crippen LogP contribution is -2.45. The number of rotatable bonds is 4. The van der Waals surface area contributed by atoms with Gasteiger partial charge >= 0.3 is 0 Å². The van der Waals surface area contributed by atoms with Crippen molar-refractivity contribution in [2.75, 3.05) is 5.32 Å². The lowest BCUT2D eigenvalue weighted by molar-refractivity contribution is -0.134. The summed E-state index contributed by atoms with van der Waals surface area (Å²) in [6.07, 6.45) is 5.29. The number of benzene rings is 1. The minimum absolute atomic E-state index is 0.105. The molecule has 2 unspecified atom stereocenters. The van der Waals surface area contributed by atoms with Crippen molar-refractivity contribution >= 4 is 11.5 Å². The highest BCUT2D eigenvalue weighted by molar-refractivity contribution is 5.84. The van der Waals surface area contributed by atoms with Crippen LogP contribution < -0.4 is 5.32 Å². The minimum atomic E-state index is -0.105. The van der Waals surface area contributed by atoms with Gasteiger partial charge in [0, 0.05) is 23.6 Å². The number of fused-ring (bicyclic) bond motifs is 3. The van der Waals surface area contributed by atoms with Crippen molar-refractivity contribution in [1.29, 1.82) is 0 Å². The molecule has 2 heteroatoms. The first-order valence-corrected chi connectivity index (χ1v) is 10.8. The molecule has 2 nitrogen and oxygen atoms in total. The quantitative estimate of drug-likeness (QED) is 0.658. The number of aryl methyl sites for hydroxylation is 1. The van der Waals surface area contributed by atoms with E-state index >= 15 is 0 Å². The monoisotopic (exact) mass is 357 g/mol. The second-order valence-electron chi connectivity index (χ2n) is 8.54. The Morgan fingerprint density at radius 1 is 1.27 bits per heavy atom. The zero-order valence-corrected chi connectivity index (χ0v) is 18.0. The van der Waals surface area contributed by atoms with E-state index in [1.165, 1.54) is 24.1 Å². The molecule has 1 aromatic carbocycles. The minimum Gasteiger partial charge on any atom is -0.383 e. The summed E-state index contributed by atoms with van der Waals surface area (Å²) in [6, 6.07) is 7.43. The zero-order valence-electron chi connectivity index (χ0n) is 18.0. The van der Waals surface area contributed by atoms with Gasteiger partial charge in [-0.05, 0) is 80.5 Å². The SMILES string of the molecule is CC.CCC(=O)C1(C)CC[C@@H]2c3ccc(NC(C)C)cc3CCC2[C@@H]1C. The van der Waals surface area contributed by atoms with E-state index in [1.54, 1.807) is 5.56 Å². The van der Waals surface area contributed by atoms with Crippen LogP contribution in [0.3, 0.4) is 0 Å². The first kappa shape index (κ1) is 21.0. The van der Waals surface area contributed by atoms with Crippen LogP contribution in [0.25, 0.3) is 0 Å². The fourth-order valence-corrected chi connectivity index (χ4v) is 5.28. The van der Waals surface area contributed by atoms with Gasteiger partial charge in [-0.25, -0.2) is 0 Å². The highest BCUT2D eigenvalue weighted by Gasteiger charge is 2.48. The third-order valence-corrected chi connectivity index (χ3v) is 6.84. The Hall–Kier alpha value is -1.31. The molecule has 0 bridgehead atoms. The predicted molar refractivity (Wildman–Crippen MR) is 113 cm³/mol. The number of carbonyl (C=O) groups excluding carboxylic acids is 1. The van der Waals surface area contributed by atoms with Gasteiger partial charge in [0.1, 0.15) is 5.78 Å². The lowest BCUT2D eigenvalue weighted by atomic mass is 9.54. The van der Waals surface area contributed by atoms with Gasteiger partial charge in [-0.15, -0.1) is 0 Å². The summed E-state index contributed by atoms with van der Waals surface area (Å²) in [5.74, 6) is 2.27. The molecule has 26 heavy (non-hydrogen) atoms. The molecule has 0 saturated heterocycles. The van der Waals surface area contributed by atoms with Gasteiger partial charge in [0.15, 0.2) is 0 Å². The maximum absolute atomic E-state index is 12.6. The van der Waals surface area contributed by atoms with Gasteiger partial charge in [0.2, 0.25) is 0 Å². The van der Waals surface area contributed by atoms with Gasteiger partial charge in [-0.1, -0.05) is 40.7 Å². The summed E-state index contributed by atoms with van der Waals surface area (Å²) in [7, 11) is 0. The van der Waals surface area contributed by atoms with Crippen LogP contribution >= 0.6 is 0 Å². The molecule has 0 aromatic heterocycles. The first-order chi connectivity index (χ1) is 12.4. The van der Waals surface area contributed by atoms with Gasteiger partial charge < -0.3 is 5.32 Å². The molecule has 1 saturated carbocycles. The molecule has 0 spiro atoms. The van der Waals surface area contributed by atoms with Gasteiger partial charge in [0.25, 0.3) is 0 Å². The summed E-state index contributed by atoms with van der Waals surface area (Å²) in [5.41, 5.74) is 4.22. The second kappa shape index (κ2) is 8.59. The first-order valence-electron chi connectivity index (χ1n) is 10.8. The van der Waals surface area contributed by atoms with Crippen LogP contribution in [0.4, 0.5) is 5.69 Å². The molecule has 146 valence electrons. The highest BCUT2D eigenvalue weighted by atomic mass is 16.1. The van der Waals surface area contributed by atoms with E-state index in [0.29, 0.717) is 36.0 Å². The van der Waals surface area contributed by atoms with Gasteiger partial charge in [0.05, 0.1) is 0 Å². The molecule has 2 aliphatic carbocycles. The Bertz CT molecular complexity index is 621. The molecule has 0 amide bonds. The summed E-state index contributed by atoms with van der Waals surface area (Å²) in [4.78, 5) is 12.6. The summed E-state index contributed by atoms with van der Waals surface area (Å²) >= 11 is 0. The number of nitrogens with one attached hydrogen (secondary N) is 1. The van der Waals surface area contributed by atoms with E-state index in [0.717, 1.165) is 12.8 Å². The standard InChI is InChI=1S/C22H33NO.C2H6/c1-6-21(24)22(5)12-11-20-18(15(22)4)9-7-16-13-17(23-14(2)3)8-10-19(16)20;1-2/h8,10,13-15,18,20,23H,6-7,9,11-12H2,1-5H3;1-2H3/t15-,18?,20-,22?;/m0./s1. The van der Waals surface area contributed by atoms with Crippen molar-refractivity contribution in [2.24, 2.45) is 17.3 Å². The Morgan fingerprint density at radius 2 is 1.96 bits per heavy atom. The number of carbonyl (C=O) groups is 1. The van der Waals surface area contributed by atoms with Crippen molar-refractivity contribution in [3.63, 3.8) is 0 Å². The maximum atomic E-state index is 12.6. The summed E-state index contributed by atoms with van der Waals surface area (Å²) in [5, 5.41) is 3.53. The smallest absolute Gasteiger partial charge is 0.138 e. The molecule has 1 aromatic rings.